The number of rotatable bonds is 8. The minimum Gasteiger partial charge on any atom is -0.379 e. The summed E-state index contributed by atoms with van der Waals surface area (Å²) in [6, 6.07) is 9.73. The van der Waals surface area contributed by atoms with E-state index >= 15 is 0 Å². The number of likely N-dealkylation sites (N-methyl/N-ethyl adjacent to an activating group) is 1. The van der Waals surface area contributed by atoms with Crippen LogP contribution in [0.1, 0.15) is 11.1 Å². The Morgan fingerprint density at radius 2 is 1.94 bits per heavy atom. The van der Waals surface area contributed by atoms with Gasteiger partial charge in [-0.05, 0) is 31.8 Å². The highest BCUT2D eigenvalue weighted by Crippen LogP contribution is 2.02. The van der Waals surface area contributed by atoms with Gasteiger partial charge in [0.25, 0.3) is 0 Å². The van der Waals surface area contributed by atoms with Gasteiger partial charge in [-0.3, -0.25) is 0 Å². The van der Waals surface area contributed by atoms with Gasteiger partial charge in [-0.1, -0.05) is 12.1 Å². The Balaban J connectivity index is 2.05. The second-order valence-electron chi connectivity index (χ2n) is 4.40. The summed E-state index contributed by atoms with van der Waals surface area (Å²) in [5.74, 6) is 0. The van der Waals surface area contributed by atoms with Gasteiger partial charge in [-0.25, -0.2) is 0 Å². The third-order valence-corrected chi connectivity index (χ3v) is 2.52. The minimum atomic E-state index is 0.700. The van der Waals surface area contributed by atoms with Crippen LogP contribution >= 0.6 is 0 Å². The standard InChI is InChI=1S/C14H21N3O/c1-17(2)8-10-18-9-7-16-12-14-5-3-13(11-15)4-6-14/h3-6,16H,7-10,12H2,1-2H3. The van der Waals surface area contributed by atoms with E-state index in [-0.39, 0.29) is 0 Å². The molecule has 18 heavy (non-hydrogen) atoms. The molecule has 0 radical (unpaired) electrons. The van der Waals surface area contributed by atoms with Crippen LogP contribution in [-0.4, -0.2) is 45.3 Å². The highest BCUT2D eigenvalue weighted by molar-refractivity contribution is 5.31. The molecule has 0 amide bonds. The fourth-order valence-corrected chi connectivity index (χ4v) is 1.42. The number of nitriles is 1. The van der Waals surface area contributed by atoms with Crippen LogP contribution in [0.3, 0.4) is 0 Å². The van der Waals surface area contributed by atoms with Crippen LogP contribution in [0, 0.1) is 11.3 Å². The number of ether oxygens (including phenoxy) is 1. The Morgan fingerprint density at radius 3 is 2.56 bits per heavy atom. The number of nitrogens with zero attached hydrogens (tertiary/aromatic N) is 2. The first-order valence-electron chi connectivity index (χ1n) is 6.14. The molecule has 0 bridgehead atoms. The lowest BCUT2D eigenvalue weighted by molar-refractivity contribution is 0.119. The summed E-state index contributed by atoms with van der Waals surface area (Å²) < 4.78 is 5.47. The molecular weight excluding hydrogens is 226 g/mol. The van der Waals surface area contributed by atoms with E-state index in [9.17, 15) is 0 Å². The summed E-state index contributed by atoms with van der Waals surface area (Å²) in [6.45, 7) is 4.10. The van der Waals surface area contributed by atoms with Crippen molar-refractivity contribution in [1.29, 1.82) is 5.26 Å². The third-order valence-electron chi connectivity index (χ3n) is 2.52. The van der Waals surface area contributed by atoms with Crippen molar-refractivity contribution in [3.8, 4) is 6.07 Å². The maximum atomic E-state index is 8.68. The molecule has 0 unspecified atom stereocenters. The van der Waals surface area contributed by atoms with E-state index in [1.807, 2.05) is 38.4 Å². The molecule has 0 heterocycles. The van der Waals surface area contributed by atoms with Gasteiger partial charge in [-0.15, -0.1) is 0 Å². The molecule has 0 saturated carbocycles. The molecule has 0 aromatic heterocycles. The van der Waals surface area contributed by atoms with Gasteiger partial charge in [-0.2, -0.15) is 5.26 Å². The van der Waals surface area contributed by atoms with Crippen LogP contribution in [0.2, 0.25) is 0 Å². The van der Waals surface area contributed by atoms with Crippen molar-refractivity contribution >= 4 is 0 Å². The lowest BCUT2D eigenvalue weighted by Crippen LogP contribution is -2.23. The van der Waals surface area contributed by atoms with Crippen LogP contribution in [0.15, 0.2) is 24.3 Å². The van der Waals surface area contributed by atoms with Crippen molar-refractivity contribution in [3.63, 3.8) is 0 Å². The maximum Gasteiger partial charge on any atom is 0.0991 e. The summed E-state index contributed by atoms with van der Waals surface area (Å²) in [5.41, 5.74) is 1.88. The number of hydrogen-bond acceptors (Lipinski definition) is 4. The van der Waals surface area contributed by atoms with Crippen LogP contribution in [0.25, 0.3) is 0 Å². The Morgan fingerprint density at radius 1 is 1.22 bits per heavy atom. The molecule has 4 heteroatoms. The van der Waals surface area contributed by atoms with Gasteiger partial charge >= 0.3 is 0 Å². The predicted molar refractivity (Wildman–Crippen MR) is 72.2 cm³/mol. The zero-order valence-corrected chi connectivity index (χ0v) is 11.1. The fourth-order valence-electron chi connectivity index (χ4n) is 1.42. The normalized spacial score (nSPS) is 10.6. The topological polar surface area (TPSA) is 48.3 Å². The number of hydrogen-bond donors (Lipinski definition) is 1. The smallest absolute Gasteiger partial charge is 0.0991 e. The molecule has 1 rings (SSSR count). The molecule has 4 nitrogen and oxygen atoms in total. The monoisotopic (exact) mass is 247 g/mol. The first kappa shape index (κ1) is 14.7. The van der Waals surface area contributed by atoms with Crippen LogP contribution in [-0.2, 0) is 11.3 Å². The van der Waals surface area contributed by atoms with E-state index < -0.39 is 0 Å². The van der Waals surface area contributed by atoms with Gasteiger partial charge < -0.3 is 15.0 Å². The van der Waals surface area contributed by atoms with Crippen molar-refractivity contribution in [2.24, 2.45) is 0 Å². The molecule has 1 aromatic carbocycles. The van der Waals surface area contributed by atoms with Gasteiger partial charge in [0.1, 0.15) is 0 Å². The van der Waals surface area contributed by atoms with E-state index in [1.165, 1.54) is 5.56 Å². The van der Waals surface area contributed by atoms with Crippen molar-refractivity contribution in [3.05, 3.63) is 35.4 Å². The average Bonchev–Trinajstić information content (AvgIpc) is 2.38. The lowest BCUT2D eigenvalue weighted by atomic mass is 10.1. The molecule has 0 saturated heterocycles. The molecule has 0 spiro atoms. The second kappa shape index (κ2) is 8.65. The Kier molecular flexibility index (Phi) is 7.04. The van der Waals surface area contributed by atoms with E-state index in [1.54, 1.807) is 0 Å². The molecular formula is C14H21N3O. The zero-order chi connectivity index (χ0) is 13.2. The Hall–Kier alpha value is -1.41. The summed E-state index contributed by atoms with van der Waals surface area (Å²) in [6.07, 6.45) is 0. The SMILES string of the molecule is CN(C)CCOCCNCc1ccc(C#N)cc1. The summed E-state index contributed by atoms with van der Waals surface area (Å²) in [4.78, 5) is 2.10. The highest BCUT2D eigenvalue weighted by atomic mass is 16.5. The lowest BCUT2D eigenvalue weighted by Gasteiger charge is -2.10. The van der Waals surface area contributed by atoms with Crippen molar-refractivity contribution in [2.75, 3.05) is 40.4 Å². The maximum absolute atomic E-state index is 8.68. The first-order chi connectivity index (χ1) is 8.72. The second-order valence-corrected chi connectivity index (χ2v) is 4.40. The van der Waals surface area contributed by atoms with Gasteiger partial charge in [0.15, 0.2) is 0 Å². The molecule has 1 N–H and O–H groups in total. The van der Waals surface area contributed by atoms with Crippen molar-refractivity contribution < 1.29 is 4.74 Å². The van der Waals surface area contributed by atoms with Crippen LogP contribution < -0.4 is 5.32 Å². The molecule has 0 aliphatic carbocycles. The van der Waals surface area contributed by atoms with E-state index in [4.69, 9.17) is 10.00 Å². The molecule has 0 aliphatic heterocycles. The van der Waals surface area contributed by atoms with Gasteiger partial charge in [0.05, 0.1) is 24.8 Å². The Bertz CT molecular complexity index is 368. The highest BCUT2D eigenvalue weighted by Gasteiger charge is 1.94. The largest absolute Gasteiger partial charge is 0.379 e. The van der Waals surface area contributed by atoms with E-state index in [0.717, 1.165) is 32.8 Å². The Labute approximate surface area is 109 Å². The fraction of sp³-hybridized carbons (Fsp3) is 0.500. The molecule has 98 valence electrons. The van der Waals surface area contributed by atoms with Crippen LogP contribution in [0.4, 0.5) is 0 Å². The number of nitrogens with one attached hydrogen (secondary N) is 1. The first-order valence-corrected chi connectivity index (χ1v) is 6.14. The average molecular weight is 247 g/mol. The van der Waals surface area contributed by atoms with Gasteiger partial charge in [0, 0.05) is 19.6 Å². The zero-order valence-electron chi connectivity index (χ0n) is 11.1. The van der Waals surface area contributed by atoms with Crippen LogP contribution in [0.5, 0.6) is 0 Å². The van der Waals surface area contributed by atoms with E-state index in [0.29, 0.717) is 5.56 Å². The number of benzene rings is 1. The quantitative estimate of drug-likeness (QED) is 0.702. The summed E-state index contributed by atoms with van der Waals surface area (Å²) in [7, 11) is 4.07. The summed E-state index contributed by atoms with van der Waals surface area (Å²) >= 11 is 0. The molecule has 0 fully saturated rings. The van der Waals surface area contributed by atoms with Crippen molar-refractivity contribution in [1.82, 2.24) is 10.2 Å². The minimum absolute atomic E-state index is 0.700. The van der Waals surface area contributed by atoms with E-state index in [2.05, 4.69) is 16.3 Å². The molecule has 0 atom stereocenters. The van der Waals surface area contributed by atoms with Gasteiger partial charge in [0.2, 0.25) is 0 Å². The summed E-state index contributed by atoms with van der Waals surface area (Å²) in [5, 5.41) is 12.0. The molecule has 1 aromatic rings. The third kappa shape index (κ3) is 6.36. The van der Waals surface area contributed by atoms with Crippen molar-refractivity contribution in [2.45, 2.75) is 6.54 Å². The molecule has 0 aliphatic rings. The predicted octanol–water partition coefficient (Wildman–Crippen LogP) is 1.23.